The Bertz CT molecular complexity index is 1790. The van der Waals surface area contributed by atoms with Gasteiger partial charge in [-0.05, 0) is 77.9 Å². The number of hydrogen-bond acceptors (Lipinski definition) is 5. The van der Waals surface area contributed by atoms with Crippen molar-refractivity contribution in [1.29, 1.82) is 0 Å². The number of pyridine rings is 3. The molecule has 48 heavy (non-hydrogen) atoms. The summed E-state index contributed by atoms with van der Waals surface area (Å²) < 4.78 is 36.6. The molecule has 5 aromatic heterocycles. The van der Waals surface area contributed by atoms with E-state index in [4.69, 9.17) is 0 Å². The molecule has 6 rings (SSSR count). The molecule has 0 aliphatic heterocycles. The summed E-state index contributed by atoms with van der Waals surface area (Å²) in [6.45, 7) is 12.8. The van der Waals surface area contributed by atoms with Crippen LogP contribution in [0, 0.1) is 18.9 Å². The molecule has 0 amide bonds. The number of rotatable bonds is 5. The van der Waals surface area contributed by atoms with Crippen LogP contribution in [0.25, 0.3) is 34.0 Å². The molecule has 0 N–H and O–H groups in total. The fourth-order valence-corrected chi connectivity index (χ4v) is 4.40. The third-order valence-corrected chi connectivity index (χ3v) is 6.76. The second kappa shape index (κ2) is 17.1. The predicted octanol–water partition coefficient (Wildman–Crippen LogP) is 8.57. The SMILES string of the molecule is CC(C)Cc1ccnc(-c2cc(C(C)(C)C)ccn2)c1.Cc1cc(-c2cc(C(F)(F)F)n[n-]2)[n-]n1.[Ir+3].[c-]1ccccc1-c1ccccn1. The van der Waals surface area contributed by atoms with Gasteiger partial charge in [0.25, 0.3) is 0 Å². The second-order valence-electron chi connectivity index (χ2n) is 12.3. The largest absolute Gasteiger partial charge is 3.00 e. The van der Waals surface area contributed by atoms with Crippen LogP contribution in [0.5, 0.6) is 0 Å². The Morgan fingerprint density at radius 1 is 0.729 bits per heavy atom. The van der Waals surface area contributed by atoms with E-state index in [1.807, 2.05) is 54.9 Å². The van der Waals surface area contributed by atoms with Crippen LogP contribution in [0.1, 0.15) is 57.1 Å². The predicted molar refractivity (Wildman–Crippen MR) is 177 cm³/mol. The van der Waals surface area contributed by atoms with Crippen LogP contribution in [0.3, 0.4) is 0 Å². The van der Waals surface area contributed by atoms with Gasteiger partial charge in [-0.25, -0.2) is 0 Å². The molecule has 6 aromatic rings. The first kappa shape index (κ1) is 38.0. The number of hydrogen-bond donors (Lipinski definition) is 0. The summed E-state index contributed by atoms with van der Waals surface area (Å²) in [7, 11) is 0. The zero-order valence-corrected chi connectivity index (χ0v) is 30.0. The summed E-state index contributed by atoms with van der Waals surface area (Å²) in [5.74, 6) is 0.652. The van der Waals surface area contributed by atoms with E-state index in [9.17, 15) is 13.2 Å². The number of nitrogens with zero attached hydrogens (tertiary/aromatic N) is 7. The van der Waals surface area contributed by atoms with E-state index in [-0.39, 0.29) is 31.2 Å². The van der Waals surface area contributed by atoms with Crippen molar-refractivity contribution in [1.82, 2.24) is 35.3 Å². The van der Waals surface area contributed by atoms with Gasteiger partial charge in [0.15, 0.2) is 0 Å². The van der Waals surface area contributed by atoms with Gasteiger partial charge in [-0.1, -0.05) is 52.8 Å². The Balaban J connectivity index is 0.000000199. The van der Waals surface area contributed by atoms with Gasteiger partial charge < -0.3 is 25.4 Å². The van der Waals surface area contributed by atoms with Gasteiger partial charge in [0.1, 0.15) is 5.69 Å². The molecule has 0 unspecified atom stereocenters. The minimum absolute atomic E-state index is 0. The molecular formula is C37H37F3IrN7. The van der Waals surface area contributed by atoms with E-state index >= 15 is 0 Å². The van der Waals surface area contributed by atoms with Crippen LogP contribution in [0.15, 0.2) is 97.5 Å². The van der Waals surface area contributed by atoms with Crippen molar-refractivity contribution in [3.8, 4) is 34.0 Å². The van der Waals surface area contributed by atoms with E-state index in [0.29, 0.717) is 17.3 Å². The monoisotopic (exact) mass is 829 g/mol. The normalized spacial score (nSPS) is 11.1. The molecular weight excluding hydrogens is 792 g/mol. The minimum atomic E-state index is -4.47. The maximum atomic E-state index is 12.2. The van der Waals surface area contributed by atoms with E-state index < -0.39 is 11.9 Å². The summed E-state index contributed by atoms with van der Waals surface area (Å²) >= 11 is 0. The first-order chi connectivity index (χ1) is 22.3. The van der Waals surface area contributed by atoms with Crippen molar-refractivity contribution in [2.75, 3.05) is 0 Å². The zero-order valence-electron chi connectivity index (χ0n) is 27.6. The van der Waals surface area contributed by atoms with Gasteiger partial charge in [0.05, 0.1) is 11.4 Å². The van der Waals surface area contributed by atoms with Crippen LogP contribution in [0.4, 0.5) is 13.2 Å². The molecule has 1 aromatic carbocycles. The molecule has 0 aliphatic carbocycles. The number of benzene rings is 1. The smallest absolute Gasteiger partial charge is 0.576 e. The first-order valence-electron chi connectivity index (χ1n) is 15.1. The Hall–Kier alpha value is -4.47. The number of aromatic nitrogens is 7. The number of aryl methyl sites for hydroxylation is 1. The van der Waals surface area contributed by atoms with Gasteiger partial charge >= 0.3 is 26.3 Å². The zero-order chi connectivity index (χ0) is 34.0. The Morgan fingerprint density at radius 3 is 1.94 bits per heavy atom. The standard InChI is InChI=1S/C18H24N2.C11H8N.C8H5F3N4.Ir/c1-13(2)10-14-6-8-19-16(11-14)17-12-15(7-9-20-17)18(3,4)5;1-2-6-10(7-3-1)11-8-4-5-9-12-11;1-4-2-5(13-12-4)6-3-7(15-14-6)8(9,10)11;/h6-9,11-13H,10H2,1-5H3;1-6,8-9H;2-3H,1H3;/q;-1;-2;+3. The Labute approximate surface area is 293 Å². The molecule has 0 radical (unpaired) electrons. The second-order valence-corrected chi connectivity index (χ2v) is 12.3. The summed E-state index contributed by atoms with van der Waals surface area (Å²) in [6.07, 6.45) is 2.16. The third kappa shape index (κ3) is 11.3. The molecule has 0 bridgehead atoms. The summed E-state index contributed by atoms with van der Waals surface area (Å²) in [5.41, 5.74) is 6.69. The van der Waals surface area contributed by atoms with Crippen LogP contribution in [-0.4, -0.2) is 25.1 Å². The molecule has 0 spiro atoms. The van der Waals surface area contributed by atoms with Gasteiger partial charge in [-0.15, -0.1) is 47.3 Å². The number of alkyl halides is 3. The molecule has 0 fully saturated rings. The quantitative estimate of drug-likeness (QED) is 0.161. The Kier molecular flexibility index (Phi) is 13.5. The van der Waals surface area contributed by atoms with Gasteiger partial charge in [0, 0.05) is 24.3 Å². The van der Waals surface area contributed by atoms with Crippen molar-refractivity contribution < 1.29 is 33.3 Å². The molecule has 0 saturated carbocycles. The first-order valence-corrected chi connectivity index (χ1v) is 15.1. The molecule has 0 saturated heterocycles. The molecule has 0 atom stereocenters. The molecule has 7 nitrogen and oxygen atoms in total. The van der Waals surface area contributed by atoms with Crippen LogP contribution >= 0.6 is 0 Å². The van der Waals surface area contributed by atoms with Crippen molar-refractivity contribution in [3.63, 3.8) is 0 Å². The maximum absolute atomic E-state index is 12.2. The van der Waals surface area contributed by atoms with Gasteiger partial charge in [0.2, 0.25) is 0 Å². The van der Waals surface area contributed by atoms with Crippen LogP contribution in [0.2, 0.25) is 0 Å². The minimum Gasteiger partial charge on any atom is -0.576 e. The van der Waals surface area contributed by atoms with Crippen molar-refractivity contribution in [3.05, 3.63) is 126 Å². The van der Waals surface area contributed by atoms with Crippen molar-refractivity contribution in [2.24, 2.45) is 5.92 Å². The average Bonchev–Trinajstić information content (AvgIpc) is 3.72. The van der Waals surface area contributed by atoms with E-state index in [1.165, 1.54) is 11.1 Å². The van der Waals surface area contributed by atoms with Gasteiger partial charge in [-0.3, -0.25) is 9.97 Å². The van der Waals surface area contributed by atoms with Crippen molar-refractivity contribution in [2.45, 2.75) is 59.6 Å². The molecule has 0 aliphatic rings. The summed E-state index contributed by atoms with van der Waals surface area (Å²) in [6, 6.07) is 27.7. The molecule has 11 heteroatoms. The fourth-order valence-electron chi connectivity index (χ4n) is 4.40. The molecule has 5 heterocycles. The van der Waals surface area contributed by atoms with Gasteiger partial charge in [-0.2, -0.15) is 13.2 Å². The topological polar surface area (TPSA) is 92.7 Å². The van der Waals surface area contributed by atoms with Crippen molar-refractivity contribution >= 4 is 0 Å². The fraction of sp³-hybridized carbons (Fsp3) is 0.270. The number of halogens is 3. The molecule has 250 valence electrons. The Morgan fingerprint density at radius 2 is 1.38 bits per heavy atom. The summed E-state index contributed by atoms with van der Waals surface area (Å²) in [4.78, 5) is 13.2. The van der Waals surface area contributed by atoms with E-state index in [1.54, 1.807) is 19.2 Å². The van der Waals surface area contributed by atoms with Crippen LogP contribution in [-0.2, 0) is 38.1 Å². The summed E-state index contributed by atoms with van der Waals surface area (Å²) in [5, 5.41) is 13.8. The maximum Gasteiger partial charge on any atom is 3.00 e. The van der Waals surface area contributed by atoms with Crippen LogP contribution < -0.4 is 10.2 Å². The third-order valence-electron chi connectivity index (χ3n) is 6.76. The van der Waals surface area contributed by atoms with E-state index in [0.717, 1.165) is 35.1 Å². The average molecular weight is 829 g/mol. The van der Waals surface area contributed by atoms with E-state index in [2.05, 4.69) is 100 Å².